The van der Waals surface area contributed by atoms with Gasteiger partial charge in [0, 0.05) is 12.3 Å². The highest BCUT2D eigenvalue weighted by Gasteiger charge is 2.40. The van der Waals surface area contributed by atoms with E-state index in [4.69, 9.17) is 4.74 Å². The Bertz CT molecular complexity index is 1540. The summed E-state index contributed by atoms with van der Waals surface area (Å²) in [5.74, 6) is -4.45. The Balaban J connectivity index is 1.89. The largest absolute Gasteiger partial charge is 0.466 e. The van der Waals surface area contributed by atoms with Crippen molar-refractivity contribution in [2.24, 2.45) is 0 Å². The van der Waals surface area contributed by atoms with Crippen molar-refractivity contribution in [3.05, 3.63) is 63.9 Å². The molecular weight excluding hydrogens is 535 g/mol. The number of benzene rings is 1. The van der Waals surface area contributed by atoms with Crippen LogP contribution in [0.15, 0.2) is 41.3 Å². The van der Waals surface area contributed by atoms with Crippen LogP contribution < -0.4 is 15.6 Å². The first kappa shape index (κ1) is 27.5. The Hall–Kier alpha value is -4.56. The number of ether oxygens (including phenoxy) is 2. The van der Waals surface area contributed by atoms with Gasteiger partial charge in [-0.15, -0.1) is 0 Å². The molecule has 10 nitrogen and oxygen atoms in total. The zero-order chi connectivity index (χ0) is 28.6. The number of rotatable bonds is 6. The van der Waals surface area contributed by atoms with Gasteiger partial charge in [-0.1, -0.05) is 6.92 Å². The highest BCUT2D eigenvalue weighted by Crippen LogP contribution is 2.26. The first-order valence-corrected chi connectivity index (χ1v) is 11.3. The summed E-state index contributed by atoms with van der Waals surface area (Å²) in [6, 6.07) is 2.38. The van der Waals surface area contributed by atoms with Crippen molar-refractivity contribution in [1.82, 2.24) is 14.9 Å². The second-order valence-corrected chi connectivity index (χ2v) is 8.36. The molecule has 1 aliphatic heterocycles. The first-order chi connectivity index (χ1) is 18.3. The van der Waals surface area contributed by atoms with Gasteiger partial charge in [0.1, 0.15) is 29.1 Å². The van der Waals surface area contributed by atoms with Crippen molar-refractivity contribution in [1.29, 1.82) is 0 Å². The molecular formula is C24H19F5N4O6. The third kappa shape index (κ3) is 5.24. The third-order valence-corrected chi connectivity index (χ3v) is 5.91. The lowest BCUT2D eigenvalue weighted by Crippen LogP contribution is -2.46. The Kier molecular flexibility index (Phi) is 7.26. The SMILES string of the molecule is CC[C@H](NC(=O)c1cn(-c2ccc(F)cc2F)c2nc(N3C[C@@H](C(=O)OC)OC3=O)ccc2c1=O)C(F)(F)F. The first-order valence-electron chi connectivity index (χ1n) is 11.3. The van der Waals surface area contributed by atoms with E-state index in [2.05, 4.69) is 9.72 Å². The van der Waals surface area contributed by atoms with Gasteiger partial charge in [-0.3, -0.25) is 19.1 Å². The van der Waals surface area contributed by atoms with Crippen molar-refractivity contribution in [2.45, 2.75) is 31.7 Å². The maximum atomic E-state index is 14.8. The Morgan fingerprint density at radius 2 is 1.92 bits per heavy atom. The van der Waals surface area contributed by atoms with Crippen LogP contribution in [0.2, 0.25) is 0 Å². The molecule has 1 saturated heterocycles. The van der Waals surface area contributed by atoms with Gasteiger partial charge in [0.2, 0.25) is 11.5 Å². The van der Waals surface area contributed by atoms with Gasteiger partial charge in [-0.05, 0) is 30.7 Å². The molecule has 1 aromatic carbocycles. The number of hydrogen-bond donors (Lipinski definition) is 1. The zero-order valence-corrected chi connectivity index (χ0v) is 20.2. The summed E-state index contributed by atoms with van der Waals surface area (Å²) in [4.78, 5) is 55.2. The molecule has 3 aromatic rings. The summed E-state index contributed by atoms with van der Waals surface area (Å²) in [5, 5.41) is 1.42. The van der Waals surface area contributed by atoms with Gasteiger partial charge in [0.25, 0.3) is 5.91 Å². The Morgan fingerprint density at radius 3 is 2.54 bits per heavy atom. The molecule has 1 fully saturated rings. The number of aromatic nitrogens is 2. The maximum absolute atomic E-state index is 14.8. The smallest absolute Gasteiger partial charge is 0.416 e. The van der Waals surface area contributed by atoms with E-state index < -0.39 is 71.0 Å². The van der Waals surface area contributed by atoms with Crippen LogP contribution in [0.1, 0.15) is 23.7 Å². The quantitative estimate of drug-likeness (QED) is 0.367. The lowest BCUT2D eigenvalue weighted by molar-refractivity contribution is -0.153. The number of methoxy groups -OCH3 is 1. The van der Waals surface area contributed by atoms with E-state index in [1.54, 1.807) is 5.32 Å². The lowest BCUT2D eigenvalue weighted by atomic mass is 10.1. The number of hydrogen-bond acceptors (Lipinski definition) is 7. The van der Waals surface area contributed by atoms with E-state index in [1.165, 1.54) is 13.0 Å². The molecule has 1 N–H and O–H groups in total. The molecule has 206 valence electrons. The molecule has 0 spiro atoms. The Morgan fingerprint density at radius 1 is 1.21 bits per heavy atom. The molecule has 0 radical (unpaired) electrons. The topological polar surface area (TPSA) is 120 Å². The van der Waals surface area contributed by atoms with Gasteiger partial charge >= 0.3 is 18.2 Å². The van der Waals surface area contributed by atoms with E-state index in [9.17, 15) is 41.1 Å². The van der Waals surface area contributed by atoms with Crippen LogP contribution in [-0.2, 0) is 14.3 Å². The van der Waals surface area contributed by atoms with Crippen molar-refractivity contribution < 1.29 is 45.8 Å². The molecule has 15 heteroatoms. The van der Waals surface area contributed by atoms with Crippen LogP contribution in [-0.4, -0.2) is 59.5 Å². The van der Waals surface area contributed by atoms with Gasteiger partial charge < -0.3 is 14.8 Å². The van der Waals surface area contributed by atoms with Crippen LogP contribution >= 0.6 is 0 Å². The second kappa shape index (κ2) is 10.3. The average molecular weight is 554 g/mol. The van der Waals surface area contributed by atoms with Gasteiger partial charge in [-0.2, -0.15) is 13.2 Å². The molecule has 2 amide bonds. The number of carbonyl (C=O) groups excluding carboxylic acids is 3. The number of amides is 2. The predicted octanol–water partition coefficient (Wildman–Crippen LogP) is 3.23. The standard InChI is InChI=1S/C24H19F5N4O6/c1-3-17(24(27,28)29)30-21(35)13-9-32(15-6-4-11(25)8-14(15)26)20-12(19(13)34)5-7-18(31-20)33-10-16(22(36)38-2)39-23(33)37/h4-9,16-17H,3,10H2,1-2H3,(H,30,35)/t16-,17-/m0/s1. The third-order valence-electron chi connectivity index (χ3n) is 5.91. The average Bonchev–Trinajstić information content (AvgIpc) is 3.28. The minimum atomic E-state index is -4.80. The number of carbonyl (C=O) groups is 3. The Labute approximate surface area is 215 Å². The minimum absolute atomic E-state index is 0.144. The fourth-order valence-electron chi connectivity index (χ4n) is 3.92. The predicted molar refractivity (Wildman–Crippen MR) is 124 cm³/mol. The van der Waals surface area contributed by atoms with Crippen molar-refractivity contribution in [3.63, 3.8) is 0 Å². The van der Waals surface area contributed by atoms with E-state index in [-0.39, 0.29) is 23.4 Å². The number of alkyl halides is 3. The van der Waals surface area contributed by atoms with E-state index >= 15 is 0 Å². The normalized spacial score (nSPS) is 16.2. The highest BCUT2D eigenvalue weighted by atomic mass is 19.4. The lowest BCUT2D eigenvalue weighted by Gasteiger charge is -2.21. The number of anilines is 1. The summed E-state index contributed by atoms with van der Waals surface area (Å²) in [6.45, 7) is 0.875. The summed E-state index contributed by atoms with van der Waals surface area (Å²) in [7, 11) is 1.09. The summed E-state index contributed by atoms with van der Waals surface area (Å²) < 4.78 is 78.5. The molecule has 0 unspecified atom stereocenters. The van der Waals surface area contributed by atoms with Crippen LogP contribution in [0.3, 0.4) is 0 Å². The van der Waals surface area contributed by atoms with Crippen molar-refractivity contribution in [3.8, 4) is 5.69 Å². The van der Waals surface area contributed by atoms with Gasteiger partial charge in [-0.25, -0.2) is 23.4 Å². The van der Waals surface area contributed by atoms with Crippen molar-refractivity contribution >= 4 is 34.8 Å². The van der Waals surface area contributed by atoms with Crippen LogP contribution in [0.4, 0.5) is 32.6 Å². The van der Waals surface area contributed by atoms with Gasteiger partial charge in [0.15, 0.2) is 5.65 Å². The molecule has 2 atom stereocenters. The fourth-order valence-corrected chi connectivity index (χ4v) is 3.92. The minimum Gasteiger partial charge on any atom is -0.466 e. The molecule has 0 bridgehead atoms. The van der Waals surface area contributed by atoms with Crippen molar-refractivity contribution in [2.75, 3.05) is 18.6 Å². The molecule has 0 aliphatic carbocycles. The second-order valence-electron chi connectivity index (χ2n) is 8.36. The maximum Gasteiger partial charge on any atom is 0.416 e. The number of nitrogens with one attached hydrogen (secondary N) is 1. The number of esters is 1. The summed E-state index contributed by atoms with van der Waals surface area (Å²) in [6.07, 6.45) is -6.80. The number of pyridine rings is 2. The summed E-state index contributed by atoms with van der Waals surface area (Å²) >= 11 is 0. The monoisotopic (exact) mass is 554 g/mol. The van der Waals surface area contributed by atoms with E-state index in [1.807, 2.05) is 0 Å². The fraction of sp³-hybridized carbons (Fsp3) is 0.292. The molecule has 39 heavy (non-hydrogen) atoms. The van der Waals surface area contributed by atoms with E-state index in [0.717, 1.165) is 41.0 Å². The molecule has 2 aromatic heterocycles. The van der Waals surface area contributed by atoms with Gasteiger partial charge in [0.05, 0.1) is 24.7 Å². The number of fused-ring (bicyclic) bond motifs is 1. The highest BCUT2D eigenvalue weighted by molar-refractivity contribution is 5.98. The summed E-state index contributed by atoms with van der Waals surface area (Å²) in [5.41, 5.74) is -2.53. The molecule has 3 heterocycles. The number of nitrogens with zero attached hydrogens (tertiary/aromatic N) is 3. The van der Waals surface area contributed by atoms with Crippen LogP contribution in [0.25, 0.3) is 16.7 Å². The molecule has 4 rings (SSSR count). The number of cyclic esters (lactones) is 1. The van der Waals surface area contributed by atoms with Crippen LogP contribution in [0, 0.1) is 11.6 Å². The van der Waals surface area contributed by atoms with Crippen LogP contribution in [0.5, 0.6) is 0 Å². The molecule has 1 aliphatic rings. The number of halogens is 5. The van der Waals surface area contributed by atoms with E-state index in [0.29, 0.717) is 6.07 Å². The molecule has 0 saturated carbocycles. The zero-order valence-electron chi connectivity index (χ0n) is 20.2.